The van der Waals surface area contributed by atoms with E-state index in [4.69, 9.17) is 0 Å². The number of rotatable bonds is 7. The Bertz CT molecular complexity index is 1340. The lowest BCUT2D eigenvalue weighted by molar-refractivity contribution is -0.222. The van der Waals surface area contributed by atoms with E-state index in [9.17, 15) is 36.6 Å². The molecule has 4 saturated carbocycles. The molecular weight excluding hydrogens is 598 g/mol. The quantitative estimate of drug-likeness (QED) is 0.294. The zero-order valence-electron chi connectivity index (χ0n) is 26.0. The summed E-state index contributed by atoms with van der Waals surface area (Å²) in [5.74, 6) is -0.543. The van der Waals surface area contributed by atoms with E-state index in [1.54, 1.807) is 0 Å². The molecule has 4 aliphatic rings. The van der Waals surface area contributed by atoms with Gasteiger partial charge in [0.15, 0.2) is 0 Å². The van der Waals surface area contributed by atoms with E-state index in [-0.39, 0.29) is 58.7 Å². The van der Waals surface area contributed by atoms with Crippen molar-refractivity contribution in [3.63, 3.8) is 0 Å². The second-order valence-corrected chi connectivity index (χ2v) is 16.4. The average molecular weight is 646 g/mol. The molecule has 44 heavy (non-hydrogen) atoms. The molecule has 1 aromatic carbocycles. The van der Waals surface area contributed by atoms with Crippen molar-refractivity contribution in [2.24, 2.45) is 52.3 Å². The first-order valence-corrected chi connectivity index (χ1v) is 17.7. The van der Waals surface area contributed by atoms with Gasteiger partial charge in [-0.25, -0.2) is 17.5 Å². The fourth-order valence-electron chi connectivity index (χ4n) is 10.6. The number of aliphatic hydroxyl groups excluding tert-OH is 2. The minimum Gasteiger partial charge on any atom is -0.393 e. The maximum atomic E-state index is 15.6. The zero-order chi connectivity index (χ0) is 32.4. The number of fused-ring (bicyclic) bond motifs is 5. The smallest absolute Gasteiger partial charge is 0.393 e. The topological polar surface area (TPSA) is 104 Å². The van der Waals surface area contributed by atoms with E-state index in [0.29, 0.717) is 25.3 Å². The molecule has 4 aliphatic carbocycles. The fourth-order valence-corrected chi connectivity index (χ4v) is 11.7. The first kappa shape index (κ1) is 33.6. The molecule has 11 heteroatoms. The van der Waals surface area contributed by atoms with Crippen LogP contribution in [-0.4, -0.2) is 42.9 Å². The summed E-state index contributed by atoms with van der Waals surface area (Å²) in [4.78, 5) is 12.1. The van der Waals surface area contributed by atoms with Gasteiger partial charge in [0.05, 0.1) is 22.7 Å². The summed E-state index contributed by atoms with van der Waals surface area (Å²) in [6, 6.07) is 3.31. The first-order valence-electron chi connectivity index (χ1n) is 16.2. The number of alkyl halides is 4. The van der Waals surface area contributed by atoms with Gasteiger partial charge in [0.25, 0.3) is 10.0 Å². The maximum Gasteiger partial charge on any atom is 0.416 e. The summed E-state index contributed by atoms with van der Waals surface area (Å²) < 4.78 is 82.1. The average Bonchev–Trinajstić information content (AvgIpc) is 3.31. The Hall–Kier alpha value is -1.72. The molecule has 1 amide bonds. The highest BCUT2D eigenvalue weighted by Crippen LogP contribution is 2.69. The summed E-state index contributed by atoms with van der Waals surface area (Å²) in [5, 5.41) is 22.2. The van der Waals surface area contributed by atoms with Crippen LogP contribution in [0.4, 0.5) is 17.6 Å². The maximum absolute atomic E-state index is 15.6. The van der Waals surface area contributed by atoms with Gasteiger partial charge in [0.1, 0.15) is 6.17 Å². The third-order valence-corrected chi connectivity index (χ3v) is 14.1. The largest absolute Gasteiger partial charge is 0.416 e. The number of benzene rings is 1. The molecule has 12 atom stereocenters. The highest BCUT2D eigenvalue weighted by molar-refractivity contribution is 7.90. The van der Waals surface area contributed by atoms with E-state index < -0.39 is 50.9 Å². The number of hydrogen-bond donors (Lipinski definition) is 3. The Morgan fingerprint density at radius 2 is 1.73 bits per heavy atom. The number of carbonyl (C=O) groups is 1. The SMILES string of the molecule is CCC1C(O)C2C3CCC([C@H](C)CCC(=O)NS(=O)(=O)c4cccc(C(F)(F)F)c4)[C@@]3(C)CCC2[C@@]2(C)CC[C@@H](O)[C@H](F)C12. The Labute approximate surface area is 258 Å². The van der Waals surface area contributed by atoms with Gasteiger partial charge in [-0.3, -0.25) is 4.79 Å². The molecule has 1 aromatic rings. The Kier molecular flexibility index (Phi) is 9.04. The summed E-state index contributed by atoms with van der Waals surface area (Å²) in [6.07, 6.45) is -1.82. The van der Waals surface area contributed by atoms with Crippen molar-refractivity contribution in [1.29, 1.82) is 0 Å². The van der Waals surface area contributed by atoms with Crippen LogP contribution in [0.1, 0.15) is 91.0 Å². The van der Waals surface area contributed by atoms with Crippen LogP contribution in [0, 0.1) is 52.3 Å². The molecule has 0 aliphatic heterocycles. The van der Waals surface area contributed by atoms with E-state index in [1.165, 1.54) is 0 Å². The third-order valence-electron chi connectivity index (χ3n) is 12.7. The molecule has 0 radical (unpaired) electrons. The summed E-state index contributed by atoms with van der Waals surface area (Å²) >= 11 is 0. The minimum atomic E-state index is -4.71. The second-order valence-electron chi connectivity index (χ2n) is 14.7. The molecule has 0 saturated heterocycles. The van der Waals surface area contributed by atoms with Crippen LogP contribution in [0.5, 0.6) is 0 Å². The normalized spacial score (nSPS) is 41.3. The lowest BCUT2D eigenvalue weighted by atomic mass is 9.41. The van der Waals surface area contributed by atoms with Crippen molar-refractivity contribution < 1.29 is 41.0 Å². The van der Waals surface area contributed by atoms with Gasteiger partial charge in [-0.1, -0.05) is 40.2 Å². The lowest BCUT2D eigenvalue weighted by Crippen LogP contribution is -2.65. The Morgan fingerprint density at radius 3 is 2.39 bits per heavy atom. The molecule has 0 spiro atoms. The van der Waals surface area contributed by atoms with Crippen molar-refractivity contribution in [3.8, 4) is 0 Å². The summed E-state index contributed by atoms with van der Waals surface area (Å²) in [6.45, 7) is 8.54. The van der Waals surface area contributed by atoms with Crippen LogP contribution < -0.4 is 4.72 Å². The Morgan fingerprint density at radius 1 is 1.07 bits per heavy atom. The van der Waals surface area contributed by atoms with Crippen molar-refractivity contribution >= 4 is 15.9 Å². The van der Waals surface area contributed by atoms with Gasteiger partial charge in [-0.15, -0.1) is 0 Å². The molecular formula is C33H47F4NO5S. The van der Waals surface area contributed by atoms with Crippen LogP contribution in [0.2, 0.25) is 0 Å². The van der Waals surface area contributed by atoms with E-state index in [0.717, 1.165) is 50.3 Å². The number of sulfonamides is 1. The molecule has 248 valence electrons. The standard InChI is InChI=1S/C33H47F4NO5S/c1-5-21-28-29(34)25(39)14-16-32(28,4)24-13-15-31(3)22(10-11-23(31)27(24)30(21)41)18(2)9-12-26(40)38-44(42,43)20-8-6-7-19(17-20)33(35,36)37/h6-8,17-18,21-25,27-30,39,41H,5,9-16H2,1-4H3,(H,38,40)/t18-,21?,22?,23?,24?,25-,27?,28?,29+,30?,31-,32-/m1/s1. The first-order chi connectivity index (χ1) is 20.5. The van der Waals surface area contributed by atoms with E-state index in [2.05, 4.69) is 20.8 Å². The molecule has 0 aromatic heterocycles. The highest BCUT2D eigenvalue weighted by atomic mass is 32.2. The van der Waals surface area contributed by atoms with Crippen LogP contribution in [0.25, 0.3) is 0 Å². The Balaban J connectivity index is 1.27. The third kappa shape index (κ3) is 5.61. The molecule has 5 rings (SSSR count). The van der Waals surface area contributed by atoms with E-state index >= 15 is 4.39 Å². The van der Waals surface area contributed by atoms with Crippen molar-refractivity contribution in [1.82, 2.24) is 4.72 Å². The van der Waals surface area contributed by atoms with E-state index in [1.807, 2.05) is 11.6 Å². The van der Waals surface area contributed by atoms with Gasteiger partial charge >= 0.3 is 6.18 Å². The van der Waals surface area contributed by atoms with Crippen LogP contribution in [0.15, 0.2) is 29.2 Å². The van der Waals surface area contributed by atoms with Crippen molar-refractivity contribution in [3.05, 3.63) is 29.8 Å². The molecule has 0 heterocycles. The number of aliphatic hydroxyl groups is 2. The predicted molar refractivity (Wildman–Crippen MR) is 157 cm³/mol. The van der Waals surface area contributed by atoms with Gasteiger partial charge in [0.2, 0.25) is 5.91 Å². The minimum absolute atomic E-state index is 0.0421. The monoisotopic (exact) mass is 645 g/mol. The summed E-state index contributed by atoms with van der Waals surface area (Å²) in [5.41, 5.74) is -1.48. The van der Waals surface area contributed by atoms with Crippen LogP contribution in [0.3, 0.4) is 0 Å². The number of amides is 1. The second kappa shape index (κ2) is 11.8. The fraction of sp³-hybridized carbons (Fsp3) is 0.788. The van der Waals surface area contributed by atoms with Gasteiger partial charge in [0, 0.05) is 12.3 Å². The number of hydrogen-bond acceptors (Lipinski definition) is 5. The predicted octanol–water partition coefficient (Wildman–Crippen LogP) is 6.50. The molecule has 4 fully saturated rings. The zero-order valence-corrected chi connectivity index (χ0v) is 26.8. The van der Waals surface area contributed by atoms with Crippen molar-refractivity contribution in [2.45, 2.75) is 115 Å². The number of carbonyl (C=O) groups excluding carboxylic acids is 1. The van der Waals surface area contributed by atoms with Crippen LogP contribution in [-0.2, 0) is 21.0 Å². The van der Waals surface area contributed by atoms with Crippen LogP contribution >= 0.6 is 0 Å². The molecule has 6 nitrogen and oxygen atoms in total. The van der Waals surface area contributed by atoms with Gasteiger partial charge < -0.3 is 10.2 Å². The molecule has 7 unspecified atom stereocenters. The van der Waals surface area contributed by atoms with Gasteiger partial charge in [-0.2, -0.15) is 13.2 Å². The van der Waals surface area contributed by atoms with Crippen molar-refractivity contribution in [2.75, 3.05) is 0 Å². The molecule has 0 bridgehead atoms. The number of nitrogens with one attached hydrogen (secondary N) is 1. The summed E-state index contributed by atoms with van der Waals surface area (Å²) in [7, 11) is -4.46. The van der Waals surface area contributed by atoms with Gasteiger partial charge in [-0.05, 0) is 109 Å². The number of halogens is 4. The molecule has 3 N–H and O–H groups in total. The lowest BCUT2D eigenvalue weighted by Gasteiger charge is -2.65. The highest BCUT2D eigenvalue weighted by Gasteiger charge is 2.66.